The first kappa shape index (κ1) is 25.6. The van der Waals surface area contributed by atoms with E-state index in [0.29, 0.717) is 18.7 Å². The molecule has 1 amide bonds. The second kappa shape index (κ2) is 11.8. The molecule has 0 aromatic heterocycles. The van der Waals surface area contributed by atoms with Crippen LogP contribution in [0.1, 0.15) is 60.5 Å². The molecule has 1 heterocycles. The molecular weight excluding hydrogens is 401 g/mol. The number of carbonyl (C=O) groups is 1. The van der Waals surface area contributed by atoms with Gasteiger partial charge in [-0.15, -0.1) is 0 Å². The van der Waals surface area contributed by atoms with Gasteiger partial charge in [0.05, 0.1) is 0 Å². The van der Waals surface area contributed by atoms with Gasteiger partial charge >= 0.3 is 0 Å². The van der Waals surface area contributed by atoms with Gasteiger partial charge in [0.1, 0.15) is 5.82 Å². The fourth-order valence-corrected chi connectivity index (χ4v) is 4.27. The molecule has 0 radical (unpaired) electrons. The Bertz CT molecular complexity index is 927. The lowest BCUT2D eigenvalue weighted by molar-refractivity contribution is -0.136. The summed E-state index contributed by atoms with van der Waals surface area (Å²) in [7, 11) is 0. The van der Waals surface area contributed by atoms with Crippen molar-refractivity contribution in [2.75, 3.05) is 19.6 Å². The van der Waals surface area contributed by atoms with Gasteiger partial charge in [-0.2, -0.15) is 0 Å². The molecule has 1 unspecified atom stereocenters. The third-order valence-electron chi connectivity index (χ3n) is 5.92. The smallest absolute Gasteiger partial charge is 0.225 e. The molecule has 174 valence electrons. The van der Waals surface area contributed by atoms with Crippen molar-refractivity contribution >= 4 is 17.2 Å². The van der Waals surface area contributed by atoms with Crippen LogP contribution >= 0.6 is 0 Å². The summed E-state index contributed by atoms with van der Waals surface area (Å²) in [6.45, 7) is 16.2. The summed E-state index contributed by atoms with van der Waals surface area (Å²) in [4.78, 5) is 21.5. The first-order valence-corrected chi connectivity index (χ1v) is 11.6. The van der Waals surface area contributed by atoms with Crippen molar-refractivity contribution in [3.05, 3.63) is 65.3 Å². The van der Waals surface area contributed by atoms with Gasteiger partial charge < -0.3 is 9.80 Å². The quantitative estimate of drug-likeness (QED) is 0.381. The van der Waals surface area contributed by atoms with Crippen LogP contribution in [0.15, 0.2) is 58.9 Å². The van der Waals surface area contributed by atoms with E-state index in [-0.39, 0.29) is 23.7 Å². The van der Waals surface area contributed by atoms with E-state index in [1.54, 1.807) is 6.07 Å². The number of allylic oxidation sites excluding steroid dienone is 5. The second-order valence-electron chi connectivity index (χ2n) is 8.63. The topological polar surface area (TPSA) is 35.9 Å². The van der Waals surface area contributed by atoms with Crippen molar-refractivity contribution in [3.8, 4) is 0 Å². The summed E-state index contributed by atoms with van der Waals surface area (Å²) < 4.78 is 14.8. The molecule has 0 bridgehead atoms. The highest BCUT2D eigenvalue weighted by Crippen LogP contribution is 2.31. The maximum absolute atomic E-state index is 14.8. The molecule has 4 nitrogen and oxygen atoms in total. The van der Waals surface area contributed by atoms with Crippen LogP contribution in [-0.4, -0.2) is 47.1 Å². The van der Waals surface area contributed by atoms with Crippen LogP contribution in [0, 0.1) is 11.7 Å². The zero-order valence-corrected chi connectivity index (χ0v) is 20.7. The molecule has 0 aliphatic carbocycles. The Morgan fingerprint density at radius 3 is 2.50 bits per heavy atom. The second-order valence-corrected chi connectivity index (χ2v) is 8.63. The number of hydrogen-bond donors (Lipinski definition) is 0. The Kier molecular flexibility index (Phi) is 9.42. The van der Waals surface area contributed by atoms with Crippen molar-refractivity contribution in [3.63, 3.8) is 0 Å². The van der Waals surface area contributed by atoms with E-state index in [9.17, 15) is 9.18 Å². The van der Waals surface area contributed by atoms with E-state index in [4.69, 9.17) is 0 Å². The molecule has 0 spiro atoms. The molecule has 2 rings (SSSR count). The highest BCUT2D eigenvalue weighted by atomic mass is 19.1. The molecule has 0 saturated carbocycles. The number of hydrogen-bond acceptors (Lipinski definition) is 3. The van der Waals surface area contributed by atoms with Gasteiger partial charge in [-0.25, -0.2) is 4.39 Å². The summed E-state index contributed by atoms with van der Waals surface area (Å²) in [6, 6.07) is 7.03. The third-order valence-corrected chi connectivity index (χ3v) is 5.92. The number of aliphatic imine (C=N–C) groups is 1. The van der Waals surface area contributed by atoms with E-state index >= 15 is 0 Å². The fourth-order valence-electron chi connectivity index (χ4n) is 4.27. The monoisotopic (exact) mass is 439 g/mol. The average Bonchev–Trinajstić information content (AvgIpc) is 2.77. The highest BCUT2D eigenvalue weighted by molar-refractivity contribution is 6.12. The van der Waals surface area contributed by atoms with Crippen molar-refractivity contribution < 1.29 is 9.18 Å². The number of nitrogens with zero attached hydrogens (tertiary/aromatic N) is 3. The number of benzene rings is 1. The fraction of sp³-hybridized carbons (Fsp3) is 0.481. The average molecular weight is 440 g/mol. The van der Waals surface area contributed by atoms with Crippen LogP contribution in [0.2, 0.25) is 0 Å². The molecule has 1 aliphatic heterocycles. The van der Waals surface area contributed by atoms with E-state index in [2.05, 4.69) is 30.7 Å². The minimum absolute atomic E-state index is 0.00337. The summed E-state index contributed by atoms with van der Waals surface area (Å²) in [5.41, 5.74) is 4.24. The lowest BCUT2D eigenvalue weighted by atomic mass is 9.91. The van der Waals surface area contributed by atoms with Crippen LogP contribution in [0.4, 0.5) is 4.39 Å². The standard InChI is InChI=1S/C27H38FN3O/c1-8-10-15-29-21(6)26(23(9-2)24-13-11-12-14-25(24)28)22(7)31-17-16-30(18-20(31)5)27(32)19(3)4/h9-15,19-20H,8,16-18H2,1-7H3/b15-10+,23-9-,26-22-,29-21+. The van der Waals surface area contributed by atoms with Gasteiger partial charge in [0.2, 0.25) is 5.91 Å². The van der Waals surface area contributed by atoms with E-state index in [0.717, 1.165) is 35.5 Å². The van der Waals surface area contributed by atoms with E-state index in [1.165, 1.54) is 6.07 Å². The molecule has 32 heavy (non-hydrogen) atoms. The number of amides is 1. The lowest BCUT2D eigenvalue weighted by Crippen LogP contribution is -2.53. The van der Waals surface area contributed by atoms with Gasteiger partial charge in [0.15, 0.2) is 0 Å². The molecule has 1 saturated heterocycles. The third kappa shape index (κ3) is 5.96. The van der Waals surface area contributed by atoms with Crippen LogP contribution in [0.3, 0.4) is 0 Å². The van der Waals surface area contributed by atoms with Gasteiger partial charge in [-0.3, -0.25) is 9.79 Å². The Labute approximate surface area is 193 Å². The summed E-state index contributed by atoms with van der Waals surface area (Å²) >= 11 is 0. The molecule has 1 aromatic carbocycles. The highest BCUT2D eigenvalue weighted by Gasteiger charge is 2.30. The number of rotatable bonds is 7. The predicted octanol–water partition coefficient (Wildman–Crippen LogP) is 6.08. The van der Waals surface area contributed by atoms with Gasteiger partial charge in [0.25, 0.3) is 0 Å². The Balaban J connectivity index is 2.53. The number of carbonyl (C=O) groups excluding carboxylic acids is 1. The summed E-state index contributed by atoms with van der Waals surface area (Å²) in [5, 5.41) is 0. The minimum Gasteiger partial charge on any atom is -0.368 e. The Hall–Kier alpha value is -2.69. The van der Waals surface area contributed by atoms with Crippen LogP contribution < -0.4 is 0 Å². The zero-order valence-electron chi connectivity index (χ0n) is 20.7. The van der Waals surface area contributed by atoms with E-state index in [1.807, 2.05) is 63.1 Å². The van der Waals surface area contributed by atoms with Gasteiger partial charge in [0, 0.05) is 60.3 Å². The van der Waals surface area contributed by atoms with Crippen molar-refractivity contribution in [2.24, 2.45) is 10.9 Å². The normalized spacial score (nSPS) is 19.1. The maximum atomic E-state index is 14.8. The lowest BCUT2D eigenvalue weighted by Gasteiger charge is -2.43. The first-order chi connectivity index (χ1) is 15.2. The molecule has 1 atom stereocenters. The van der Waals surface area contributed by atoms with Crippen LogP contribution in [0.25, 0.3) is 5.57 Å². The minimum atomic E-state index is -0.247. The zero-order chi connectivity index (χ0) is 23.8. The summed E-state index contributed by atoms with van der Waals surface area (Å²) in [6.07, 6.45) is 6.69. The molecular formula is C27H38FN3O. The Morgan fingerprint density at radius 2 is 1.94 bits per heavy atom. The molecule has 5 heteroatoms. The molecule has 0 N–H and O–H groups in total. The van der Waals surface area contributed by atoms with Crippen molar-refractivity contribution in [2.45, 2.75) is 60.9 Å². The maximum Gasteiger partial charge on any atom is 0.225 e. The number of halogens is 1. The van der Waals surface area contributed by atoms with Crippen LogP contribution in [0.5, 0.6) is 0 Å². The molecule has 1 aliphatic rings. The van der Waals surface area contributed by atoms with Crippen molar-refractivity contribution in [1.82, 2.24) is 9.80 Å². The van der Waals surface area contributed by atoms with E-state index < -0.39 is 0 Å². The Morgan fingerprint density at radius 1 is 1.25 bits per heavy atom. The van der Waals surface area contributed by atoms with Gasteiger partial charge in [-0.1, -0.05) is 51.1 Å². The largest absolute Gasteiger partial charge is 0.368 e. The van der Waals surface area contributed by atoms with Crippen molar-refractivity contribution in [1.29, 1.82) is 0 Å². The summed E-state index contributed by atoms with van der Waals surface area (Å²) in [5.74, 6) is -0.0548. The predicted molar refractivity (Wildman–Crippen MR) is 133 cm³/mol. The number of piperazine rings is 1. The molecule has 1 fully saturated rings. The SMILES string of the molecule is C\C=C(C(/C(C)=N/C=C/CC)=C(/C)N1CCN(C(=O)C(C)C)CC1C)\c1ccccc1F. The van der Waals surface area contributed by atoms with Crippen LogP contribution in [-0.2, 0) is 4.79 Å². The first-order valence-electron chi connectivity index (χ1n) is 11.6. The van der Waals surface area contributed by atoms with Gasteiger partial charge in [-0.05, 0) is 45.8 Å². The molecule has 1 aromatic rings.